The summed E-state index contributed by atoms with van der Waals surface area (Å²) in [6.07, 6.45) is -4.97. The first-order valence-corrected chi connectivity index (χ1v) is 10.3. The number of H-pyrrole nitrogens is 1. The molecule has 0 saturated carbocycles. The highest BCUT2D eigenvalue weighted by Crippen LogP contribution is 2.47. The van der Waals surface area contributed by atoms with E-state index in [2.05, 4.69) is 4.98 Å². The molecule has 0 bridgehead atoms. The van der Waals surface area contributed by atoms with Crippen molar-refractivity contribution in [3.63, 3.8) is 0 Å². The summed E-state index contributed by atoms with van der Waals surface area (Å²) in [6.45, 7) is 3.43. The average molecular weight is 448 g/mol. The van der Waals surface area contributed by atoms with Gasteiger partial charge in [-0.25, -0.2) is 4.39 Å². The lowest BCUT2D eigenvalue weighted by molar-refractivity contribution is -0.266. The maximum absolute atomic E-state index is 14.3. The maximum atomic E-state index is 14.3. The molecule has 0 spiro atoms. The SMILES string of the molecule is CC(C)(CC(O)(Cc1[nH]c2ccccc2c1C=N)C(F)(F)F)c1cc(F)cc2c1OCC2. The number of ether oxygens (including phenoxy) is 1. The number of rotatable bonds is 6. The summed E-state index contributed by atoms with van der Waals surface area (Å²) >= 11 is 0. The van der Waals surface area contributed by atoms with E-state index < -0.39 is 35.9 Å². The van der Waals surface area contributed by atoms with Gasteiger partial charge in [0, 0.05) is 52.3 Å². The Morgan fingerprint density at radius 2 is 1.91 bits per heavy atom. The van der Waals surface area contributed by atoms with Crippen molar-refractivity contribution in [2.45, 2.75) is 50.3 Å². The van der Waals surface area contributed by atoms with E-state index in [0.29, 0.717) is 46.4 Å². The first-order valence-electron chi connectivity index (χ1n) is 10.3. The third kappa shape index (κ3) is 3.77. The quantitative estimate of drug-likeness (QED) is 0.347. The Balaban J connectivity index is 1.76. The van der Waals surface area contributed by atoms with Crippen LogP contribution in [0.5, 0.6) is 5.75 Å². The molecule has 1 atom stereocenters. The van der Waals surface area contributed by atoms with Crippen LogP contribution in [-0.2, 0) is 18.3 Å². The summed E-state index contributed by atoms with van der Waals surface area (Å²) in [5, 5.41) is 19.3. The Hall–Kier alpha value is -2.87. The highest BCUT2D eigenvalue weighted by Gasteiger charge is 2.56. The lowest BCUT2D eigenvalue weighted by atomic mass is 9.72. The molecule has 1 aromatic heterocycles. The van der Waals surface area contributed by atoms with Crippen molar-refractivity contribution in [3.05, 3.63) is 64.6 Å². The van der Waals surface area contributed by atoms with E-state index in [9.17, 15) is 22.7 Å². The van der Waals surface area contributed by atoms with Gasteiger partial charge in [-0.3, -0.25) is 0 Å². The Morgan fingerprint density at radius 1 is 1.19 bits per heavy atom. The lowest BCUT2D eigenvalue weighted by Crippen LogP contribution is -2.51. The number of alkyl halides is 3. The van der Waals surface area contributed by atoms with Crippen molar-refractivity contribution in [1.29, 1.82) is 5.41 Å². The van der Waals surface area contributed by atoms with Gasteiger partial charge in [0.1, 0.15) is 11.6 Å². The molecule has 170 valence electrons. The van der Waals surface area contributed by atoms with Crippen molar-refractivity contribution < 1.29 is 27.4 Å². The van der Waals surface area contributed by atoms with Crippen LogP contribution < -0.4 is 4.74 Å². The molecule has 0 saturated heterocycles. The fourth-order valence-electron chi connectivity index (χ4n) is 4.68. The zero-order valence-electron chi connectivity index (χ0n) is 17.7. The molecule has 1 aliphatic rings. The number of hydrogen-bond donors (Lipinski definition) is 3. The molecule has 32 heavy (non-hydrogen) atoms. The number of fused-ring (bicyclic) bond motifs is 2. The van der Waals surface area contributed by atoms with Crippen molar-refractivity contribution in [2.75, 3.05) is 6.61 Å². The van der Waals surface area contributed by atoms with Crippen molar-refractivity contribution in [2.24, 2.45) is 0 Å². The standard InChI is InChI=1S/C24H24F4N2O2/c1-22(2,18-10-15(25)9-14-7-8-32-21(14)18)13-23(31,24(26,27)28)11-20-17(12-29)16-5-3-4-6-19(16)30-20/h3-6,9-10,12,29-31H,7-8,11,13H2,1-2H3. The Morgan fingerprint density at radius 3 is 2.59 bits per heavy atom. The molecule has 3 aromatic rings. The van der Waals surface area contributed by atoms with E-state index in [1.807, 2.05) is 0 Å². The fourth-order valence-corrected chi connectivity index (χ4v) is 4.68. The van der Waals surface area contributed by atoms with Crippen LogP contribution in [0, 0.1) is 11.2 Å². The number of benzene rings is 2. The average Bonchev–Trinajstić information content (AvgIpc) is 3.29. The maximum Gasteiger partial charge on any atom is 0.417 e. The molecule has 1 unspecified atom stereocenters. The fraction of sp³-hybridized carbons (Fsp3) is 0.375. The van der Waals surface area contributed by atoms with Gasteiger partial charge in [-0.05, 0) is 30.0 Å². The molecule has 2 heterocycles. The molecule has 4 rings (SSSR count). The van der Waals surface area contributed by atoms with Crippen molar-refractivity contribution >= 4 is 17.1 Å². The molecule has 0 radical (unpaired) electrons. The normalized spacial score (nSPS) is 16.0. The second-order valence-corrected chi connectivity index (χ2v) is 9.01. The number of para-hydroxylation sites is 1. The zero-order valence-corrected chi connectivity index (χ0v) is 17.7. The van der Waals surface area contributed by atoms with E-state index in [0.717, 1.165) is 6.21 Å². The van der Waals surface area contributed by atoms with E-state index in [1.165, 1.54) is 12.1 Å². The Kier molecular flexibility index (Phi) is 5.32. The number of nitrogens with one attached hydrogen (secondary N) is 2. The monoisotopic (exact) mass is 448 g/mol. The lowest BCUT2D eigenvalue weighted by Gasteiger charge is -2.38. The van der Waals surface area contributed by atoms with Crippen LogP contribution >= 0.6 is 0 Å². The molecule has 8 heteroatoms. The predicted molar refractivity (Wildman–Crippen MR) is 114 cm³/mol. The zero-order chi connectivity index (χ0) is 23.3. The van der Waals surface area contributed by atoms with Gasteiger partial charge in [0.2, 0.25) is 0 Å². The molecule has 4 nitrogen and oxygen atoms in total. The number of halogens is 4. The van der Waals surface area contributed by atoms with E-state index in [4.69, 9.17) is 10.1 Å². The van der Waals surface area contributed by atoms with Crippen LogP contribution in [0.4, 0.5) is 17.6 Å². The minimum Gasteiger partial charge on any atom is -0.493 e. The van der Waals surface area contributed by atoms with Crippen LogP contribution in [0.25, 0.3) is 10.9 Å². The topological polar surface area (TPSA) is 69.1 Å². The van der Waals surface area contributed by atoms with Crippen molar-refractivity contribution in [3.8, 4) is 5.75 Å². The summed E-state index contributed by atoms with van der Waals surface area (Å²) in [6, 6.07) is 9.40. The Bertz CT molecular complexity index is 1180. The molecule has 1 aliphatic heterocycles. The van der Waals surface area contributed by atoms with Crippen LogP contribution in [0.1, 0.15) is 42.7 Å². The molecule has 2 aromatic carbocycles. The van der Waals surface area contributed by atoms with Gasteiger partial charge in [0.15, 0.2) is 5.60 Å². The number of hydrogen-bond acceptors (Lipinski definition) is 3. The summed E-state index contributed by atoms with van der Waals surface area (Å²) in [4.78, 5) is 2.92. The van der Waals surface area contributed by atoms with E-state index in [1.54, 1.807) is 38.1 Å². The van der Waals surface area contributed by atoms with Gasteiger partial charge < -0.3 is 20.2 Å². The molecule has 0 fully saturated rings. The van der Waals surface area contributed by atoms with Crippen LogP contribution in [0.3, 0.4) is 0 Å². The third-order valence-electron chi connectivity index (χ3n) is 6.18. The van der Waals surface area contributed by atoms with Gasteiger partial charge in [-0.15, -0.1) is 0 Å². The van der Waals surface area contributed by atoms with Gasteiger partial charge in [-0.2, -0.15) is 13.2 Å². The minimum absolute atomic E-state index is 0.123. The highest BCUT2D eigenvalue weighted by atomic mass is 19.4. The minimum atomic E-state index is -4.96. The van der Waals surface area contributed by atoms with E-state index in [-0.39, 0.29) is 5.69 Å². The van der Waals surface area contributed by atoms with Gasteiger partial charge in [0.25, 0.3) is 0 Å². The van der Waals surface area contributed by atoms with Gasteiger partial charge in [0.05, 0.1) is 6.61 Å². The van der Waals surface area contributed by atoms with Crippen molar-refractivity contribution in [1.82, 2.24) is 4.98 Å². The molecular weight excluding hydrogens is 424 g/mol. The molecule has 3 N–H and O–H groups in total. The van der Waals surface area contributed by atoms with Crippen LogP contribution in [0.2, 0.25) is 0 Å². The summed E-state index contributed by atoms with van der Waals surface area (Å²) < 4.78 is 62.6. The predicted octanol–water partition coefficient (Wildman–Crippen LogP) is 5.44. The third-order valence-corrected chi connectivity index (χ3v) is 6.18. The van der Waals surface area contributed by atoms with Crippen LogP contribution in [0.15, 0.2) is 36.4 Å². The van der Waals surface area contributed by atoms with Gasteiger partial charge in [-0.1, -0.05) is 32.0 Å². The molecule has 0 amide bonds. The summed E-state index contributed by atoms with van der Waals surface area (Å²) in [7, 11) is 0. The summed E-state index contributed by atoms with van der Waals surface area (Å²) in [5.74, 6) is -0.152. The molecular formula is C24H24F4N2O2. The second-order valence-electron chi connectivity index (χ2n) is 9.01. The number of aromatic amines is 1. The van der Waals surface area contributed by atoms with Gasteiger partial charge >= 0.3 is 6.18 Å². The smallest absolute Gasteiger partial charge is 0.417 e. The van der Waals surface area contributed by atoms with Crippen LogP contribution in [-0.4, -0.2) is 34.7 Å². The molecule has 0 aliphatic carbocycles. The largest absolute Gasteiger partial charge is 0.493 e. The first kappa shape index (κ1) is 22.3. The summed E-state index contributed by atoms with van der Waals surface area (Å²) in [5.41, 5.74) is -2.44. The van der Waals surface area contributed by atoms with E-state index >= 15 is 0 Å². The highest BCUT2D eigenvalue weighted by molar-refractivity contribution is 5.99. The first-order chi connectivity index (χ1) is 14.9. The second kappa shape index (κ2) is 7.62. The Labute approximate surface area is 182 Å². The number of aliphatic hydroxyl groups is 1. The number of aromatic nitrogens is 1.